The molecule has 2 amide bonds. The zero-order chi connectivity index (χ0) is 48.7. The summed E-state index contributed by atoms with van der Waals surface area (Å²) in [5.41, 5.74) is 3.08. The summed E-state index contributed by atoms with van der Waals surface area (Å²) in [6, 6.07) is 16.0. The molecule has 65 heavy (non-hydrogen) atoms. The van der Waals surface area contributed by atoms with Gasteiger partial charge in [0.15, 0.2) is 0 Å². The smallest absolute Gasteiger partial charge is 0.410 e. The van der Waals surface area contributed by atoms with Crippen LogP contribution in [0.3, 0.4) is 0 Å². The lowest BCUT2D eigenvalue weighted by Gasteiger charge is -2.27. The van der Waals surface area contributed by atoms with Crippen molar-refractivity contribution < 1.29 is 57.9 Å². The Bertz CT molecular complexity index is 1710. The van der Waals surface area contributed by atoms with E-state index in [1.54, 1.807) is 9.80 Å². The van der Waals surface area contributed by atoms with Gasteiger partial charge in [0.1, 0.15) is 11.2 Å². The minimum atomic E-state index is -0.796. The molecule has 0 spiro atoms. The number of ether oxygens (including phenoxy) is 4. The van der Waals surface area contributed by atoms with Gasteiger partial charge in [0.05, 0.1) is 13.7 Å². The quantitative estimate of drug-likeness (QED) is 0.0447. The van der Waals surface area contributed by atoms with Gasteiger partial charge < -0.3 is 39.0 Å². The van der Waals surface area contributed by atoms with Gasteiger partial charge in [-0.3, -0.25) is 19.2 Å². The van der Waals surface area contributed by atoms with Crippen LogP contribution in [0.25, 0.3) is 0 Å². The third-order valence-electron chi connectivity index (χ3n) is 9.90. The number of nitrogens with zero attached hydrogens (tertiary/aromatic N) is 2. The maximum absolute atomic E-state index is 12.8. The highest BCUT2D eigenvalue weighted by Gasteiger charge is 2.24. The molecule has 0 heterocycles. The molecule has 0 atom stereocenters. The number of aryl methyl sites for hydroxylation is 2. The van der Waals surface area contributed by atoms with Crippen molar-refractivity contribution in [3.8, 4) is 0 Å². The van der Waals surface area contributed by atoms with Gasteiger partial charge in [-0.25, -0.2) is 9.59 Å². The van der Waals surface area contributed by atoms with Crippen molar-refractivity contribution in [3.63, 3.8) is 0 Å². The van der Waals surface area contributed by atoms with Crippen LogP contribution in [0.5, 0.6) is 0 Å². The number of rotatable bonds is 29. The predicted molar refractivity (Wildman–Crippen MR) is 251 cm³/mol. The van der Waals surface area contributed by atoms with E-state index in [1.807, 2.05) is 90.9 Å². The molecule has 0 bridgehead atoms. The van der Waals surface area contributed by atoms with Gasteiger partial charge >= 0.3 is 36.1 Å². The number of methoxy groups -OCH3 is 1. The Kier molecular flexibility index (Phi) is 28.9. The minimum Gasteiger partial charge on any atom is -0.481 e. The normalized spacial score (nSPS) is 11.1. The number of benzene rings is 2. The summed E-state index contributed by atoms with van der Waals surface area (Å²) in [5, 5.41) is 17.5. The first-order chi connectivity index (χ1) is 30.7. The second-order valence-corrected chi connectivity index (χ2v) is 18.4. The molecule has 0 fully saturated rings. The molecule has 0 aromatic heterocycles. The molecule has 2 rings (SSSR count). The van der Waals surface area contributed by atoms with Crippen LogP contribution >= 0.6 is 0 Å². The summed E-state index contributed by atoms with van der Waals surface area (Å²) in [7, 11) is 1.41. The molecular formula is C51H80N2O12. The summed E-state index contributed by atoms with van der Waals surface area (Å²) >= 11 is 0. The number of aliphatic carboxylic acids is 2. The molecule has 0 aliphatic rings. The average molecular weight is 913 g/mol. The van der Waals surface area contributed by atoms with Gasteiger partial charge in [-0.1, -0.05) is 87.1 Å². The number of hydrogen-bond donors (Lipinski definition) is 2. The highest BCUT2D eigenvalue weighted by atomic mass is 16.6. The highest BCUT2D eigenvalue weighted by Crippen LogP contribution is 2.19. The fourth-order valence-electron chi connectivity index (χ4n) is 6.76. The number of hydrogen-bond acceptors (Lipinski definition) is 10. The van der Waals surface area contributed by atoms with Crippen LogP contribution in [0.4, 0.5) is 9.59 Å². The highest BCUT2D eigenvalue weighted by molar-refractivity contribution is 5.70. The Labute approximate surface area is 388 Å². The van der Waals surface area contributed by atoms with Gasteiger partial charge in [0, 0.05) is 51.9 Å². The molecule has 2 aromatic rings. The monoisotopic (exact) mass is 913 g/mol. The molecule has 0 unspecified atom stereocenters. The van der Waals surface area contributed by atoms with E-state index in [0.717, 1.165) is 92.9 Å². The number of esters is 2. The van der Waals surface area contributed by atoms with Crippen LogP contribution in [0.15, 0.2) is 48.5 Å². The standard InChI is InChI=1S/C27H43NO6.C24H37NO6/c1-6-33-25(30)18-13-15-22-14-12-16-23(20-22)21-28(26(31)34-27(2,3)4)19-11-9-7-8-10-17-24(29)32-5;1-24(2,3)31-23(30)25(16-8-6-4-5-7-14-21(26)27)18-20-13-9-11-19(17-20)12-10-15-22(28)29/h12,14,16,20H,6-11,13,15,17-19,21H2,1-5H3;9,11,13,17H,4-8,10,12,14-16,18H2,1-3H3,(H,26,27)(H,28,29). The van der Waals surface area contributed by atoms with Gasteiger partial charge in [-0.2, -0.15) is 0 Å². The van der Waals surface area contributed by atoms with E-state index in [4.69, 9.17) is 24.4 Å². The topological polar surface area (TPSA) is 186 Å². The number of carboxylic acids is 2. The molecule has 0 radical (unpaired) electrons. The van der Waals surface area contributed by atoms with E-state index in [2.05, 4.69) is 10.8 Å². The number of amides is 2. The largest absolute Gasteiger partial charge is 0.481 e. The second-order valence-electron chi connectivity index (χ2n) is 18.4. The number of unbranched alkanes of at least 4 members (excludes halogenated alkanes) is 8. The molecule has 0 saturated heterocycles. The van der Waals surface area contributed by atoms with Gasteiger partial charge in [0.2, 0.25) is 0 Å². The number of carbonyl (C=O) groups excluding carboxylic acids is 4. The molecule has 2 aromatic carbocycles. The van der Waals surface area contributed by atoms with E-state index in [9.17, 15) is 28.8 Å². The van der Waals surface area contributed by atoms with Crippen LogP contribution in [0.1, 0.15) is 173 Å². The molecular weight excluding hydrogens is 833 g/mol. The van der Waals surface area contributed by atoms with Crippen molar-refractivity contribution in [2.75, 3.05) is 26.8 Å². The first-order valence-electron chi connectivity index (χ1n) is 23.5. The van der Waals surface area contributed by atoms with Crippen molar-refractivity contribution in [1.29, 1.82) is 0 Å². The van der Waals surface area contributed by atoms with E-state index >= 15 is 0 Å². The van der Waals surface area contributed by atoms with E-state index in [0.29, 0.717) is 64.9 Å². The Morgan fingerprint density at radius 1 is 0.508 bits per heavy atom. The summed E-state index contributed by atoms with van der Waals surface area (Å²) < 4.78 is 20.9. The third-order valence-corrected chi connectivity index (χ3v) is 9.90. The first kappa shape index (κ1) is 57.9. The minimum absolute atomic E-state index is 0.140. The molecule has 366 valence electrons. The fourth-order valence-corrected chi connectivity index (χ4v) is 6.76. The molecule has 0 saturated carbocycles. The zero-order valence-electron chi connectivity index (χ0n) is 40.8. The van der Waals surface area contributed by atoms with Crippen molar-refractivity contribution in [1.82, 2.24) is 9.80 Å². The Balaban J connectivity index is 0.000000653. The van der Waals surface area contributed by atoms with Crippen LogP contribution in [-0.2, 0) is 64.1 Å². The predicted octanol–water partition coefficient (Wildman–Crippen LogP) is 11.1. The maximum atomic E-state index is 12.8. The lowest BCUT2D eigenvalue weighted by Crippen LogP contribution is -2.37. The van der Waals surface area contributed by atoms with E-state index < -0.39 is 23.1 Å². The average Bonchev–Trinajstić information content (AvgIpc) is 3.21. The van der Waals surface area contributed by atoms with Crippen LogP contribution in [0.2, 0.25) is 0 Å². The van der Waals surface area contributed by atoms with E-state index in [1.165, 1.54) is 7.11 Å². The lowest BCUT2D eigenvalue weighted by molar-refractivity contribution is -0.143. The van der Waals surface area contributed by atoms with E-state index in [-0.39, 0.29) is 37.0 Å². The summed E-state index contributed by atoms with van der Waals surface area (Å²) in [6.45, 7) is 15.4. The van der Waals surface area contributed by atoms with Crippen molar-refractivity contribution in [3.05, 3.63) is 70.8 Å². The van der Waals surface area contributed by atoms with Crippen molar-refractivity contribution in [2.24, 2.45) is 0 Å². The first-order valence-corrected chi connectivity index (χ1v) is 23.5. The maximum Gasteiger partial charge on any atom is 0.410 e. The van der Waals surface area contributed by atoms with Gasteiger partial charge in [-0.15, -0.1) is 0 Å². The zero-order valence-corrected chi connectivity index (χ0v) is 40.8. The third kappa shape index (κ3) is 31.4. The van der Waals surface area contributed by atoms with Crippen LogP contribution < -0.4 is 0 Å². The lowest BCUT2D eigenvalue weighted by atomic mass is 10.0. The molecule has 0 aliphatic heterocycles. The number of carboxylic acid groups (broad SMARTS) is 2. The Morgan fingerprint density at radius 2 is 0.877 bits per heavy atom. The summed E-state index contributed by atoms with van der Waals surface area (Å²) in [4.78, 5) is 73.0. The molecule has 14 nitrogen and oxygen atoms in total. The van der Waals surface area contributed by atoms with Crippen LogP contribution in [-0.4, -0.2) is 94.1 Å². The Morgan fingerprint density at radius 3 is 1.29 bits per heavy atom. The van der Waals surface area contributed by atoms with Gasteiger partial charge in [-0.05, 0) is 122 Å². The number of carbonyl (C=O) groups is 6. The molecule has 0 aliphatic carbocycles. The fraction of sp³-hybridized carbons (Fsp3) is 0.647. The van der Waals surface area contributed by atoms with Crippen molar-refractivity contribution >= 4 is 36.1 Å². The Hall–Kier alpha value is -5.14. The molecule has 14 heteroatoms. The molecule has 2 N–H and O–H groups in total. The second kappa shape index (κ2) is 32.5. The van der Waals surface area contributed by atoms with Crippen molar-refractivity contribution in [2.45, 2.75) is 188 Å². The summed E-state index contributed by atoms with van der Waals surface area (Å²) in [5.74, 6) is -1.89. The SMILES string of the molecule is CC(C)(C)OC(=O)N(CCCCCCCC(=O)O)Cc1cccc(CCCC(=O)O)c1.CCOC(=O)CCCc1cccc(CN(CCCCCCCC(=O)OC)C(=O)OC(C)(C)C)c1. The van der Waals surface area contributed by atoms with Crippen LogP contribution in [0, 0.1) is 0 Å². The summed E-state index contributed by atoms with van der Waals surface area (Å²) in [6.07, 6.45) is 12.2. The van der Waals surface area contributed by atoms with Gasteiger partial charge in [0.25, 0.3) is 0 Å².